The van der Waals surface area contributed by atoms with Gasteiger partial charge >= 0.3 is 0 Å². The summed E-state index contributed by atoms with van der Waals surface area (Å²) < 4.78 is 58.1. The summed E-state index contributed by atoms with van der Waals surface area (Å²) in [6.07, 6.45) is 2.67. The maximum atomic E-state index is 12.7. The summed E-state index contributed by atoms with van der Waals surface area (Å²) in [4.78, 5) is 0. The maximum Gasteiger partial charge on any atom is 0.248 e. The van der Waals surface area contributed by atoms with Crippen molar-refractivity contribution in [3.8, 4) is 0 Å². The summed E-state index contributed by atoms with van der Waals surface area (Å²) in [5, 5.41) is 0. The molecule has 4 nitrogen and oxygen atoms in total. The van der Waals surface area contributed by atoms with Crippen LogP contribution in [0.4, 0.5) is 8.78 Å². The predicted molar refractivity (Wildman–Crippen MR) is 65.5 cm³/mol. The number of rotatable bonds is 4. The van der Waals surface area contributed by atoms with Gasteiger partial charge in [0.1, 0.15) is 0 Å². The lowest BCUT2D eigenvalue weighted by Gasteiger charge is -2.36. The lowest BCUT2D eigenvalue weighted by molar-refractivity contribution is -0.103. The zero-order chi connectivity index (χ0) is 13.7. The third kappa shape index (κ3) is 2.64. The van der Waals surface area contributed by atoms with E-state index in [-0.39, 0.29) is 24.7 Å². The molecule has 7 heteroatoms. The molecule has 0 aromatic heterocycles. The molecular formula is C12H19F2NO3S. The van der Waals surface area contributed by atoms with E-state index in [1.54, 1.807) is 0 Å². The summed E-state index contributed by atoms with van der Waals surface area (Å²) in [5.41, 5.74) is -0.467. The molecule has 0 spiro atoms. The molecule has 0 bridgehead atoms. The normalized spacial score (nSPS) is 38.1. The van der Waals surface area contributed by atoms with Crippen LogP contribution in [0.25, 0.3) is 0 Å². The van der Waals surface area contributed by atoms with Crippen LogP contribution in [0, 0.1) is 5.92 Å². The predicted octanol–water partition coefficient (Wildman–Crippen LogP) is 1.66. The van der Waals surface area contributed by atoms with E-state index in [1.807, 2.05) is 0 Å². The Hall–Kier alpha value is -0.270. The molecule has 19 heavy (non-hydrogen) atoms. The van der Waals surface area contributed by atoms with E-state index in [2.05, 4.69) is 4.72 Å². The molecule has 2 atom stereocenters. The van der Waals surface area contributed by atoms with Crippen molar-refractivity contribution in [1.29, 1.82) is 0 Å². The largest absolute Gasteiger partial charge is 0.376 e. The maximum absolute atomic E-state index is 12.7. The van der Waals surface area contributed by atoms with Crippen LogP contribution in [0.2, 0.25) is 0 Å². The van der Waals surface area contributed by atoms with E-state index in [0.29, 0.717) is 13.0 Å². The first-order valence-electron chi connectivity index (χ1n) is 6.81. The van der Waals surface area contributed by atoms with E-state index >= 15 is 0 Å². The quantitative estimate of drug-likeness (QED) is 0.858. The smallest absolute Gasteiger partial charge is 0.248 e. The molecule has 0 aromatic carbocycles. The van der Waals surface area contributed by atoms with Crippen LogP contribution in [-0.2, 0) is 14.8 Å². The number of halogens is 2. The van der Waals surface area contributed by atoms with Crippen molar-refractivity contribution in [3.05, 3.63) is 0 Å². The van der Waals surface area contributed by atoms with Crippen molar-refractivity contribution >= 4 is 10.0 Å². The molecule has 3 fully saturated rings. The summed E-state index contributed by atoms with van der Waals surface area (Å²) in [5.74, 6) is -3.26. The molecule has 1 N–H and O–H groups in total. The van der Waals surface area contributed by atoms with Gasteiger partial charge in [-0.1, -0.05) is 0 Å². The average Bonchev–Trinajstić information content (AvgIpc) is 2.71. The van der Waals surface area contributed by atoms with Crippen LogP contribution in [-0.4, -0.2) is 38.3 Å². The van der Waals surface area contributed by atoms with Gasteiger partial charge in [-0.15, -0.1) is 0 Å². The first kappa shape index (κ1) is 13.7. The van der Waals surface area contributed by atoms with Gasteiger partial charge in [0.15, 0.2) is 0 Å². The molecule has 1 saturated heterocycles. The second-order valence-electron chi connectivity index (χ2n) is 6.17. The van der Waals surface area contributed by atoms with E-state index in [9.17, 15) is 17.2 Å². The minimum absolute atomic E-state index is 0.0369. The van der Waals surface area contributed by atoms with Gasteiger partial charge in [0.05, 0.1) is 17.4 Å². The van der Waals surface area contributed by atoms with Crippen LogP contribution in [0.1, 0.15) is 38.5 Å². The number of alkyl halides is 2. The highest BCUT2D eigenvalue weighted by Crippen LogP contribution is 2.44. The highest BCUT2D eigenvalue weighted by atomic mass is 32.2. The molecule has 3 rings (SSSR count). The van der Waals surface area contributed by atoms with Gasteiger partial charge < -0.3 is 4.74 Å². The van der Waals surface area contributed by atoms with Crippen molar-refractivity contribution in [1.82, 2.24) is 4.72 Å². The third-order valence-corrected chi connectivity index (χ3v) is 6.19. The zero-order valence-corrected chi connectivity index (χ0v) is 11.5. The Morgan fingerprint density at radius 3 is 2.68 bits per heavy atom. The Morgan fingerprint density at radius 1 is 1.26 bits per heavy atom. The monoisotopic (exact) mass is 295 g/mol. The summed E-state index contributed by atoms with van der Waals surface area (Å²) in [6, 6.07) is 0. The Kier molecular flexibility index (Phi) is 3.15. The number of nitrogens with one attached hydrogen (secondary N) is 1. The molecule has 3 aliphatic rings. The number of ether oxygens (including phenoxy) is 1. The first-order valence-corrected chi connectivity index (χ1v) is 8.47. The molecule has 0 amide bonds. The molecule has 1 heterocycles. The Labute approximate surface area is 111 Å². The fraction of sp³-hybridized carbons (Fsp3) is 1.00. The average molecular weight is 295 g/mol. The lowest BCUT2D eigenvalue weighted by atomic mass is 9.83. The fourth-order valence-electron chi connectivity index (χ4n) is 3.68. The van der Waals surface area contributed by atoms with Crippen molar-refractivity contribution in [2.24, 2.45) is 5.92 Å². The summed E-state index contributed by atoms with van der Waals surface area (Å²) in [6.45, 7) is 0.578. The number of fused-ring (bicyclic) bond motifs is 1. The van der Waals surface area contributed by atoms with Crippen molar-refractivity contribution in [3.63, 3.8) is 0 Å². The lowest BCUT2D eigenvalue weighted by Crippen LogP contribution is -2.53. The number of hydrogen-bond donors (Lipinski definition) is 1. The van der Waals surface area contributed by atoms with Crippen molar-refractivity contribution in [2.75, 3.05) is 12.4 Å². The van der Waals surface area contributed by atoms with Gasteiger partial charge in [-0.05, 0) is 31.6 Å². The van der Waals surface area contributed by atoms with Gasteiger partial charge in [0.2, 0.25) is 15.9 Å². The molecule has 0 aromatic rings. The van der Waals surface area contributed by atoms with E-state index in [0.717, 1.165) is 19.3 Å². The topological polar surface area (TPSA) is 55.4 Å². The van der Waals surface area contributed by atoms with Gasteiger partial charge in [-0.3, -0.25) is 0 Å². The minimum atomic E-state index is -3.50. The molecule has 1 aliphatic heterocycles. The molecule has 110 valence electrons. The Balaban J connectivity index is 1.62. The summed E-state index contributed by atoms with van der Waals surface area (Å²) in [7, 11) is -3.50. The third-order valence-electron chi connectivity index (χ3n) is 4.56. The van der Waals surface area contributed by atoms with Gasteiger partial charge in [0, 0.05) is 19.4 Å². The molecule has 2 saturated carbocycles. The SMILES string of the molecule is O=S(=O)(CC1CC(F)(F)C1)N[C@]12CCC[C@H]1OCC2. The molecule has 0 unspecified atom stereocenters. The van der Waals surface area contributed by atoms with E-state index < -0.39 is 27.4 Å². The van der Waals surface area contributed by atoms with Crippen molar-refractivity contribution < 1.29 is 21.9 Å². The molecule has 2 aliphatic carbocycles. The number of hydrogen-bond acceptors (Lipinski definition) is 3. The van der Waals surface area contributed by atoms with Gasteiger partial charge in [-0.25, -0.2) is 21.9 Å². The van der Waals surface area contributed by atoms with Crippen LogP contribution in [0.5, 0.6) is 0 Å². The number of sulfonamides is 1. The van der Waals surface area contributed by atoms with Gasteiger partial charge in [-0.2, -0.15) is 0 Å². The second kappa shape index (κ2) is 4.36. The fourth-order valence-corrected chi connectivity index (χ4v) is 5.58. The van der Waals surface area contributed by atoms with Crippen LogP contribution >= 0.6 is 0 Å². The van der Waals surface area contributed by atoms with Crippen LogP contribution in [0.3, 0.4) is 0 Å². The minimum Gasteiger partial charge on any atom is -0.376 e. The Morgan fingerprint density at radius 2 is 2.00 bits per heavy atom. The van der Waals surface area contributed by atoms with Gasteiger partial charge in [0.25, 0.3) is 0 Å². The molecular weight excluding hydrogens is 276 g/mol. The highest BCUT2D eigenvalue weighted by Gasteiger charge is 2.51. The highest BCUT2D eigenvalue weighted by molar-refractivity contribution is 7.89. The Bertz CT molecular complexity index is 448. The van der Waals surface area contributed by atoms with E-state index in [1.165, 1.54) is 0 Å². The first-order chi connectivity index (χ1) is 8.80. The van der Waals surface area contributed by atoms with Crippen LogP contribution < -0.4 is 4.72 Å². The van der Waals surface area contributed by atoms with Crippen LogP contribution in [0.15, 0.2) is 0 Å². The van der Waals surface area contributed by atoms with Crippen molar-refractivity contribution in [2.45, 2.75) is 56.1 Å². The summed E-state index contributed by atoms with van der Waals surface area (Å²) >= 11 is 0. The zero-order valence-electron chi connectivity index (χ0n) is 10.7. The standard InChI is InChI=1S/C12H19F2NO3S/c13-12(14)6-9(7-12)8-19(16,17)15-11-3-1-2-10(11)18-5-4-11/h9-10,15H,1-8H2/t10-,11+/m1/s1. The second-order valence-corrected chi connectivity index (χ2v) is 7.94. The molecule has 0 radical (unpaired) electrons. The van der Waals surface area contributed by atoms with E-state index in [4.69, 9.17) is 4.74 Å².